The summed E-state index contributed by atoms with van der Waals surface area (Å²) in [5.41, 5.74) is 0. The van der Waals surface area contributed by atoms with Crippen LogP contribution in [-0.2, 0) is 21.7 Å². The van der Waals surface area contributed by atoms with E-state index in [2.05, 4.69) is 27.7 Å². The van der Waals surface area contributed by atoms with Crippen molar-refractivity contribution in [2.45, 2.75) is 27.7 Å². The molecule has 11 heavy (non-hydrogen) atoms. The average molecular weight is 206 g/mol. The maximum Gasteiger partial charge on any atom is 0 e. The molecule has 0 aromatic rings. The molecule has 0 aromatic heterocycles. The molecular formula is C9H23AlTi-5. The largest absolute Gasteiger partial charge is 0.358 e. The van der Waals surface area contributed by atoms with Gasteiger partial charge in [-0.15, -0.1) is 0 Å². The molecule has 3 radical (unpaired) electrons. The zero-order valence-corrected chi connectivity index (χ0v) is 11.6. The number of hydrogen-bond donors (Lipinski definition) is 0. The third kappa shape index (κ3) is 619. The molecule has 0 aliphatic rings. The fourth-order valence-corrected chi connectivity index (χ4v) is 0. The molecule has 0 rings (SSSR count). The topological polar surface area (TPSA) is 0 Å². The van der Waals surface area contributed by atoms with Crippen LogP contribution >= 0.6 is 0 Å². The summed E-state index contributed by atoms with van der Waals surface area (Å²) in [4.78, 5) is 0. The summed E-state index contributed by atoms with van der Waals surface area (Å²) < 4.78 is 0. The smallest absolute Gasteiger partial charge is 0 e. The van der Waals surface area contributed by atoms with Crippen molar-refractivity contribution in [2.24, 2.45) is 0 Å². The standard InChI is InChI=1S/4C2H5.CH3.Al.Ti/c4*1-2;;;/h4*1H2,2H3;1H3;;/q5*-1;;. The summed E-state index contributed by atoms with van der Waals surface area (Å²) in [7, 11) is 0. The summed E-state index contributed by atoms with van der Waals surface area (Å²) >= 11 is 0. The third-order valence-corrected chi connectivity index (χ3v) is 0. The molecule has 0 aromatic carbocycles. The van der Waals surface area contributed by atoms with Crippen molar-refractivity contribution < 1.29 is 21.7 Å². The fraction of sp³-hybridized carbons (Fsp3) is 0.444. The van der Waals surface area contributed by atoms with E-state index in [-0.39, 0.29) is 46.5 Å². The van der Waals surface area contributed by atoms with Crippen LogP contribution in [0.4, 0.5) is 0 Å². The van der Waals surface area contributed by atoms with E-state index in [9.17, 15) is 0 Å². The first-order chi connectivity index (χ1) is 4.00. The van der Waals surface area contributed by atoms with E-state index in [0.29, 0.717) is 0 Å². The molecule has 0 unspecified atom stereocenters. The van der Waals surface area contributed by atoms with E-state index in [1.54, 1.807) is 27.7 Å². The minimum absolute atomic E-state index is 0. The fourth-order valence-electron chi connectivity index (χ4n) is 0. The van der Waals surface area contributed by atoms with Gasteiger partial charge in [-0.25, -0.2) is 0 Å². The monoisotopic (exact) mass is 206 g/mol. The predicted octanol–water partition coefficient (Wildman–Crippen LogP) is 3.43. The van der Waals surface area contributed by atoms with Crippen LogP contribution in [0, 0.1) is 35.1 Å². The Hall–Kier alpha value is 1.25. The molecule has 0 saturated carbocycles. The summed E-state index contributed by atoms with van der Waals surface area (Å²) in [6.07, 6.45) is 0. The third-order valence-electron chi connectivity index (χ3n) is 0. The number of rotatable bonds is 0. The Kier molecular flexibility index (Phi) is 3890. The SMILES string of the molecule is [Al].[CH2-]C.[CH2-]C.[CH2-]C.[CH2-]C.[CH3-].[Ti]. The van der Waals surface area contributed by atoms with Crippen LogP contribution in [0.1, 0.15) is 27.7 Å². The van der Waals surface area contributed by atoms with Crippen LogP contribution in [-0.4, -0.2) is 17.4 Å². The molecule has 0 N–H and O–H groups in total. The number of hydrogen-bond acceptors (Lipinski definition) is 0. The molecule has 0 spiro atoms. The molecule has 0 amide bonds. The minimum atomic E-state index is 0. The van der Waals surface area contributed by atoms with E-state index < -0.39 is 0 Å². The second kappa shape index (κ2) is 760. The van der Waals surface area contributed by atoms with Gasteiger partial charge in [-0.05, 0) is 0 Å². The second-order valence-electron chi connectivity index (χ2n) is 0. The Labute approximate surface area is 102 Å². The van der Waals surface area contributed by atoms with Crippen molar-refractivity contribution in [1.29, 1.82) is 0 Å². The summed E-state index contributed by atoms with van der Waals surface area (Å²) in [5.74, 6) is 0. The Morgan fingerprint density at radius 1 is 0.545 bits per heavy atom. The molecule has 0 nitrogen and oxygen atoms in total. The van der Waals surface area contributed by atoms with E-state index in [1.807, 2.05) is 0 Å². The molecule has 0 saturated heterocycles. The van der Waals surface area contributed by atoms with Crippen LogP contribution in [0.3, 0.4) is 0 Å². The van der Waals surface area contributed by atoms with Gasteiger partial charge >= 0.3 is 0 Å². The summed E-state index contributed by atoms with van der Waals surface area (Å²) in [6.45, 7) is 20.0. The first-order valence-corrected chi connectivity index (χ1v) is 2.83. The Bertz CT molecular complexity index is 9.52. The van der Waals surface area contributed by atoms with Gasteiger partial charge in [-0.1, -0.05) is 0 Å². The summed E-state index contributed by atoms with van der Waals surface area (Å²) in [6, 6.07) is 0. The Balaban J connectivity index is -0.00000000356. The van der Waals surface area contributed by atoms with Crippen LogP contribution in [0.15, 0.2) is 0 Å². The molecule has 0 bridgehead atoms. The van der Waals surface area contributed by atoms with Crippen molar-refractivity contribution in [3.05, 3.63) is 35.1 Å². The predicted molar refractivity (Wildman–Crippen MR) is 56.3 cm³/mol. The maximum atomic E-state index is 3.25. The zero-order chi connectivity index (χ0) is 8.00. The van der Waals surface area contributed by atoms with E-state index in [0.717, 1.165) is 0 Å². The minimum Gasteiger partial charge on any atom is -0.358 e. The molecule has 2 heteroatoms. The van der Waals surface area contributed by atoms with Gasteiger partial charge in [0.2, 0.25) is 0 Å². The summed E-state index contributed by atoms with van der Waals surface area (Å²) in [5, 5.41) is 0. The van der Waals surface area contributed by atoms with Crippen molar-refractivity contribution >= 4 is 17.4 Å². The average Bonchev–Trinajstić information content (AvgIpc) is 2.03. The quantitative estimate of drug-likeness (QED) is 0.420. The maximum absolute atomic E-state index is 3.25. The second-order valence-corrected chi connectivity index (χ2v) is 0. The molecule has 0 atom stereocenters. The van der Waals surface area contributed by atoms with Gasteiger partial charge in [0.25, 0.3) is 0 Å². The van der Waals surface area contributed by atoms with Gasteiger partial charge in [-0.2, -0.15) is 27.7 Å². The van der Waals surface area contributed by atoms with Crippen LogP contribution in [0.2, 0.25) is 0 Å². The van der Waals surface area contributed by atoms with Gasteiger partial charge in [0.15, 0.2) is 0 Å². The van der Waals surface area contributed by atoms with Crippen molar-refractivity contribution in [3.8, 4) is 0 Å². The van der Waals surface area contributed by atoms with Crippen molar-refractivity contribution in [2.75, 3.05) is 0 Å². The molecule has 0 aliphatic carbocycles. The Morgan fingerprint density at radius 2 is 0.545 bits per heavy atom. The van der Waals surface area contributed by atoms with E-state index in [4.69, 9.17) is 0 Å². The van der Waals surface area contributed by atoms with Gasteiger partial charge in [0.05, 0.1) is 0 Å². The van der Waals surface area contributed by atoms with Gasteiger partial charge in [0.1, 0.15) is 0 Å². The molecule has 0 aliphatic heterocycles. The first-order valence-electron chi connectivity index (χ1n) is 2.83. The van der Waals surface area contributed by atoms with E-state index >= 15 is 0 Å². The molecule has 71 valence electrons. The Morgan fingerprint density at radius 3 is 0.545 bits per heavy atom. The molecular weight excluding hydrogens is 183 g/mol. The van der Waals surface area contributed by atoms with Crippen LogP contribution in [0.5, 0.6) is 0 Å². The zero-order valence-electron chi connectivity index (χ0n) is 8.91. The van der Waals surface area contributed by atoms with Crippen LogP contribution < -0.4 is 0 Å². The van der Waals surface area contributed by atoms with Gasteiger partial charge < -0.3 is 35.1 Å². The molecule has 0 fully saturated rings. The van der Waals surface area contributed by atoms with E-state index in [1.165, 1.54) is 0 Å². The van der Waals surface area contributed by atoms with Gasteiger partial charge in [-0.3, -0.25) is 0 Å². The van der Waals surface area contributed by atoms with Crippen molar-refractivity contribution in [3.63, 3.8) is 0 Å². The van der Waals surface area contributed by atoms with Gasteiger partial charge in [0, 0.05) is 39.1 Å². The first kappa shape index (κ1) is 56.3. The normalized spacial score (nSPS) is 2.18. The van der Waals surface area contributed by atoms with Crippen LogP contribution in [0.25, 0.3) is 0 Å². The van der Waals surface area contributed by atoms with Crippen molar-refractivity contribution in [1.82, 2.24) is 0 Å². The molecule has 0 heterocycles.